The van der Waals surface area contributed by atoms with Gasteiger partial charge in [0.1, 0.15) is 0 Å². The number of rotatable bonds is 3. The van der Waals surface area contributed by atoms with Crippen LogP contribution in [0.25, 0.3) is 11.0 Å². The topological polar surface area (TPSA) is 83.8 Å². The third kappa shape index (κ3) is 2.44. The number of carbonyl (C=O) groups excluding carboxylic acids is 1. The molecule has 86 valence electrons. The van der Waals surface area contributed by atoms with Crippen molar-refractivity contribution < 1.29 is 4.79 Å². The van der Waals surface area contributed by atoms with E-state index in [4.69, 9.17) is 12.2 Å². The van der Waals surface area contributed by atoms with Crippen LogP contribution in [0.2, 0.25) is 0 Å². The minimum absolute atomic E-state index is 0.200. The highest BCUT2D eigenvalue weighted by Crippen LogP contribution is 2.13. The lowest BCUT2D eigenvalue weighted by Crippen LogP contribution is -2.35. The highest BCUT2D eigenvalue weighted by molar-refractivity contribution is 5.94. The van der Waals surface area contributed by atoms with Gasteiger partial charge in [-0.15, -0.1) is 12.3 Å². The van der Waals surface area contributed by atoms with Crippen molar-refractivity contribution >= 4 is 22.9 Å². The molecule has 5 nitrogen and oxygen atoms in total. The van der Waals surface area contributed by atoms with Crippen LogP contribution in [0.3, 0.4) is 0 Å². The van der Waals surface area contributed by atoms with Gasteiger partial charge in [-0.1, -0.05) is 12.1 Å². The monoisotopic (exact) mass is 228 g/mol. The summed E-state index contributed by atoms with van der Waals surface area (Å²) in [6, 6.07) is 6.77. The van der Waals surface area contributed by atoms with Crippen molar-refractivity contribution in [3.63, 3.8) is 0 Å². The van der Waals surface area contributed by atoms with E-state index >= 15 is 0 Å². The second kappa shape index (κ2) is 4.68. The van der Waals surface area contributed by atoms with Gasteiger partial charge in [0.05, 0.1) is 17.1 Å². The molecule has 1 heterocycles. The van der Waals surface area contributed by atoms with Crippen molar-refractivity contribution in [1.82, 2.24) is 9.97 Å². The van der Waals surface area contributed by atoms with Crippen molar-refractivity contribution in [1.29, 1.82) is 0 Å². The largest absolute Gasteiger partial charge is 0.324 e. The Labute approximate surface area is 98.4 Å². The van der Waals surface area contributed by atoms with Gasteiger partial charge >= 0.3 is 0 Å². The van der Waals surface area contributed by atoms with Gasteiger partial charge in [-0.2, -0.15) is 0 Å². The smallest absolute Gasteiger partial charge is 0.244 e. The zero-order valence-electron chi connectivity index (χ0n) is 9.10. The molecule has 1 unspecified atom stereocenters. The molecule has 4 N–H and O–H groups in total. The molecule has 0 aliphatic carbocycles. The van der Waals surface area contributed by atoms with Gasteiger partial charge < -0.3 is 10.7 Å². The number of anilines is 1. The number of imidazole rings is 1. The van der Waals surface area contributed by atoms with Crippen LogP contribution in [0.5, 0.6) is 0 Å². The maximum absolute atomic E-state index is 11.6. The Morgan fingerprint density at radius 2 is 2.35 bits per heavy atom. The number of H-pyrrole nitrogens is 1. The molecule has 0 aliphatic rings. The van der Waals surface area contributed by atoms with Crippen LogP contribution in [0.1, 0.15) is 6.42 Å². The second-order valence-electron chi connectivity index (χ2n) is 3.61. The fourth-order valence-corrected chi connectivity index (χ4v) is 1.44. The lowest BCUT2D eigenvalue weighted by Gasteiger charge is -2.06. The fourth-order valence-electron chi connectivity index (χ4n) is 1.44. The Kier molecular flexibility index (Phi) is 3.08. The van der Waals surface area contributed by atoms with Gasteiger partial charge in [0.15, 0.2) is 0 Å². The minimum atomic E-state index is -0.715. The van der Waals surface area contributed by atoms with Crippen LogP contribution in [0.15, 0.2) is 24.3 Å². The number of aromatic amines is 1. The number of nitrogens with zero attached hydrogens (tertiary/aromatic N) is 1. The zero-order chi connectivity index (χ0) is 12.3. The summed E-state index contributed by atoms with van der Waals surface area (Å²) in [5.41, 5.74) is 7.21. The summed E-state index contributed by atoms with van der Waals surface area (Å²) >= 11 is 0. The first-order chi connectivity index (χ1) is 8.20. The number of benzene rings is 1. The Bertz CT molecular complexity index is 548. The van der Waals surface area contributed by atoms with Crippen molar-refractivity contribution in [2.24, 2.45) is 5.73 Å². The van der Waals surface area contributed by atoms with Gasteiger partial charge in [0.25, 0.3) is 0 Å². The number of nitrogens with one attached hydrogen (secondary N) is 2. The lowest BCUT2D eigenvalue weighted by molar-refractivity contribution is -0.117. The Balaban J connectivity index is 2.14. The molecule has 2 rings (SSSR count). The predicted octanol–water partition coefficient (Wildman–Crippen LogP) is 0.852. The van der Waals surface area contributed by atoms with Crippen molar-refractivity contribution in [2.45, 2.75) is 12.5 Å². The molecule has 2 aromatic rings. The quantitative estimate of drug-likeness (QED) is 0.681. The lowest BCUT2D eigenvalue weighted by atomic mass is 10.2. The Hall–Kier alpha value is -2.32. The molecule has 1 amide bonds. The molecular formula is C12H12N4O. The zero-order valence-corrected chi connectivity index (χ0v) is 9.10. The number of amides is 1. The molecule has 0 bridgehead atoms. The third-order valence-corrected chi connectivity index (χ3v) is 2.31. The number of carbonyl (C=O) groups is 1. The fraction of sp³-hybridized carbons (Fsp3) is 0.167. The molecule has 0 saturated carbocycles. The summed E-state index contributed by atoms with van der Waals surface area (Å²) in [5.74, 6) is 2.38. The van der Waals surface area contributed by atoms with Crippen molar-refractivity contribution in [2.75, 3.05) is 5.32 Å². The summed E-state index contributed by atoms with van der Waals surface area (Å²) in [6.45, 7) is 0. The van der Waals surface area contributed by atoms with E-state index in [1.54, 1.807) is 0 Å². The van der Waals surface area contributed by atoms with E-state index in [-0.39, 0.29) is 12.3 Å². The number of aromatic nitrogens is 2. The van der Waals surface area contributed by atoms with Crippen LogP contribution in [-0.2, 0) is 4.79 Å². The number of para-hydroxylation sites is 2. The van der Waals surface area contributed by atoms with E-state index in [2.05, 4.69) is 21.2 Å². The molecule has 5 heteroatoms. The van der Waals surface area contributed by atoms with Gasteiger partial charge in [-0.25, -0.2) is 4.98 Å². The van der Waals surface area contributed by atoms with E-state index in [9.17, 15) is 4.79 Å². The van der Waals surface area contributed by atoms with Gasteiger partial charge in [0, 0.05) is 6.42 Å². The van der Waals surface area contributed by atoms with Crippen LogP contribution >= 0.6 is 0 Å². The number of terminal acetylenes is 1. The molecule has 17 heavy (non-hydrogen) atoms. The first kappa shape index (κ1) is 11.2. The van der Waals surface area contributed by atoms with Crippen LogP contribution < -0.4 is 11.1 Å². The maximum atomic E-state index is 11.6. The van der Waals surface area contributed by atoms with Crippen molar-refractivity contribution in [3.8, 4) is 12.3 Å². The van der Waals surface area contributed by atoms with Gasteiger partial charge in [-0.05, 0) is 12.1 Å². The number of nitrogens with two attached hydrogens (primary N) is 1. The van der Waals surface area contributed by atoms with E-state index in [0.717, 1.165) is 11.0 Å². The maximum Gasteiger partial charge on any atom is 0.244 e. The van der Waals surface area contributed by atoms with E-state index < -0.39 is 6.04 Å². The molecule has 0 aliphatic heterocycles. The highest BCUT2D eigenvalue weighted by Gasteiger charge is 2.13. The van der Waals surface area contributed by atoms with Crippen LogP contribution in [0.4, 0.5) is 5.95 Å². The summed E-state index contributed by atoms with van der Waals surface area (Å²) in [5, 5.41) is 2.59. The molecule has 0 radical (unpaired) electrons. The minimum Gasteiger partial charge on any atom is -0.324 e. The number of fused-ring (bicyclic) bond motifs is 1. The molecule has 0 fully saturated rings. The van der Waals surface area contributed by atoms with E-state index in [0.29, 0.717) is 5.95 Å². The molecule has 1 atom stereocenters. The molecule has 0 spiro atoms. The number of hydrogen-bond acceptors (Lipinski definition) is 3. The number of hydrogen-bond donors (Lipinski definition) is 3. The van der Waals surface area contributed by atoms with Crippen LogP contribution in [0, 0.1) is 12.3 Å². The van der Waals surface area contributed by atoms with E-state index in [1.165, 1.54) is 0 Å². The molecular weight excluding hydrogens is 216 g/mol. The van der Waals surface area contributed by atoms with Crippen LogP contribution in [-0.4, -0.2) is 21.9 Å². The first-order valence-corrected chi connectivity index (χ1v) is 5.15. The van der Waals surface area contributed by atoms with E-state index in [1.807, 2.05) is 24.3 Å². The van der Waals surface area contributed by atoms with Gasteiger partial charge in [-0.3, -0.25) is 10.1 Å². The molecule has 1 aromatic carbocycles. The average Bonchev–Trinajstić information content (AvgIpc) is 2.71. The molecule has 1 aromatic heterocycles. The Morgan fingerprint density at radius 3 is 3.06 bits per heavy atom. The first-order valence-electron chi connectivity index (χ1n) is 5.15. The average molecular weight is 228 g/mol. The Morgan fingerprint density at radius 1 is 1.59 bits per heavy atom. The summed E-state index contributed by atoms with van der Waals surface area (Å²) in [7, 11) is 0. The predicted molar refractivity (Wildman–Crippen MR) is 66.1 cm³/mol. The standard InChI is InChI=1S/C12H12N4O/c1-2-5-8(13)11(17)16-12-14-9-6-3-4-7-10(9)15-12/h1,3-4,6-8H,5,13H2,(H2,14,15,16,17). The normalized spacial score (nSPS) is 12.0. The van der Waals surface area contributed by atoms with Crippen molar-refractivity contribution in [3.05, 3.63) is 24.3 Å². The highest BCUT2D eigenvalue weighted by atomic mass is 16.2. The summed E-state index contributed by atoms with van der Waals surface area (Å²) in [4.78, 5) is 18.8. The second-order valence-corrected chi connectivity index (χ2v) is 3.61. The SMILES string of the molecule is C#CCC(N)C(=O)Nc1nc2ccccc2[nH]1. The third-order valence-electron chi connectivity index (χ3n) is 2.31. The van der Waals surface area contributed by atoms with Gasteiger partial charge in [0.2, 0.25) is 11.9 Å². The molecule has 0 saturated heterocycles. The summed E-state index contributed by atoms with van der Waals surface area (Å²) < 4.78 is 0. The summed E-state index contributed by atoms with van der Waals surface area (Å²) in [6.07, 6.45) is 5.29.